The first-order chi connectivity index (χ1) is 6.12. The van der Waals surface area contributed by atoms with E-state index in [1.165, 1.54) is 19.3 Å². The van der Waals surface area contributed by atoms with Gasteiger partial charge in [-0.05, 0) is 25.2 Å². The maximum Gasteiger partial charge on any atom is 0.0605 e. The number of hydrogen-bond acceptors (Lipinski definition) is 2. The SMILES string of the molecule is CCC(C)(CN)C(O)CCC1CC1. The van der Waals surface area contributed by atoms with Crippen LogP contribution in [0.5, 0.6) is 0 Å². The number of aliphatic hydroxyl groups is 1. The van der Waals surface area contributed by atoms with E-state index in [9.17, 15) is 5.11 Å². The Morgan fingerprint density at radius 3 is 2.54 bits per heavy atom. The van der Waals surface area contributed by atoms with Crippen LogP contribution < -0.4 is 5.73 Å². The number of rotatable bonds is 6. The smallest absolute Gasteiger partial charge is 0.0605 e. The Morgan fingerprint density at radius 2 is 2.15 bits per heavy atom. The zero-order valence-corrected chi connectivity index (χ0v) is 8.92. The Morgan fingerprint density at radius 1 is 1.54 bits per heavy atom. The van der Waals surface area contributed by atoms with Crippen LogP contribution >= 0.6 is 0 Å². The van der Waals surface area contributed by atoms with Crippen molar-refractivity contribution in [3.8, 4) is 0 Å². The predicted molar refractivity (Wildman–Crippen MR) is 55.4 cm³/mol. The van der Waals surface area contributed by atoms with Crippen molar-refractivity contribution in [2.24, 2.45) is 17.1 Å². The van der Waals surface area contributed by atoms with Crippen molar-refractivity contribution in [1.82, 2.24) is 0 Å². The second-order valence-corrected chi connectivity index (χ2v) is 4.75. The molecule has 0 bridgehead atoms. The van der Waals surface area contributed by atoms with Crippen molar-refractivity contribution in [2.75, 3.05) is 6.54 Å². The third-order valence-electron chi connectivity index (χ3n) is 3.62. The van der Waals surface area contributed by atoms with Crippen molar-refractivity contribution in [2.45, 2.75) is 52.1 Å². The summed E-state index contributed by atoms with van der Waals surface area (Å²) in [6.45, 7) is 4.78. The minimum atomic E-state index is -0.205. The molecule has 13 heavy (non-hydrogen) atoms. The van der Waals surface area contributed by atoms with E-state index < -0.39 is 0 Å². The molecule has 2 unspecified atom stereocenters. The van der Waals surface area contributed by atoms with Gasteiger partial charge in [0, 0.05) is 12.0 Å². The first kappa shape index (κ1) is 11.0. The van der Waals surface area contributed by atoms with E-state index in [0.717, 1.165) is 18.8 Å². The van der Waals surface area contributed by atoms with E-state index in [1.54, 1.807) is 0 Å². The number of nitrogens with two attached hydrogens (primary N) is 1. The van der Waals surface area contributed by atoms with Gasteiger partial charge >= 0.3 is 0 Å². The van der Waals surface area contributed by atoms with Gasteiger partial charge in [-0.25, -0.2) is 0 Å². The molecule has 0 radical (unpaired) electrons. The molecule has 1 saturated carbocycles. The molecule has 0 aliphatic heterocycles. The molecule has 2 atom stereocenters. The highest BCUT2D eigenvalue weighted by Crippen LogP contribution is 2.36. The summed E-state index contributed by atoms with van der Waals surface area (Å²) < 4.78 is 0. The normalized spacial score (nSPS) is 24.0. The van der Waals surface area contributed by atoms with Crippen LogP contribution in [0.3, 0.4) is 0 Å². The highest BCUT2D eigenvalue weighted by molar-refractivity contribution is 4.84. The molecule has 0 aromatic heterocycles. The number of aliphatic hydroxyl groups excluding tert-OH is 1. The predicted octanol–water partition coefficient (Wildman–Crippen LogP) is 1.91. The van der Waals surface area contributed by atoms with Crippen LogP contribution in [-0.4, -0.2) is 17.8 Å². The Hall–Kier alpha value is -0.0800. The van der Waals surface area contributed by atoms with E-state index in [4.69, 9.17) is 5.73 Å². The van der Waals surface area contributed by atoms with E-state index in [0.29, 0.717) is 6.54 Å². The molecule has 1 fully saturated rings. The van der Waals surface area contributed by atoms with E-state index in [1.807, 2.05) is 0 Å². The first-order valence-electron chi connectivity index (χ1n) is 5.50. The molecule has 1 aliphatic carbocycles. The zero-order valence-electron chi connectivity index (χ0n) is 8.92. The summed E-state index contributed by atoms with van der Waals surface area (Å²) in [5, 5.41) is 9.96. The van der Waals surface area contributed by atoms with Crippen LogP contribution in [0.25, 0.3) is 0 Å². The van der Waals surface area contributed by atoms with Gasteiger partial charge in [0.2, 0.25) is 0 Å². The molecular weight excluding hydrogens is 162 g/mol. The Labute approximate surface area is 81.5 Å². The molecule has 0 saturated heterocycles. The van der Waals surface area contributed by atoms with Crippen molar-refractivity contribution in [3.05, 3.63) is 0 Å². The van der Waals surface area contributed by atoms with Crippen LogP contribution in [-0.2, 0) is 0 Å². The molecule has 1 rings (SSSR count). The molecule has 0 amide bonds. The molecule has 1 aliphatic rings. The van der Waals surface area contributed by atoms with Gasteiger partial charge in [-0.15, -0.1) is 0 Å². The molecule has 0 spiro atoms. The molecule has 2 heteroatoms. The Bertz CT molecular complexity index is 150. The van der Waals surface area contributed by atoms with E-state index >= 15 is 0 Å². The zero-order chi connectivity index (χ0) is 9.90. The molecule has 0 aromatic rings. The van der Waals surface area contributed by atoms with Crippen LogP contribution in [0, 0.1) is 11.3 Å². The lowest BCUT2D eigenvalue weighted by molar-refractivity contribution is 0.0309. The standard InChI is InChI=1S/C11H23NO/c1-3-11(2,8-12)10(13)7-6-9-4-5-9/h9-10,13H,3-8,12H2,1-2H3. The summed E-state index contributed by atoms with van der Waals surface area (Å²) in [6.07, 6.45) is 5.64. The van der Waals surface area contributed by atoms with Crippen LogP contribution in [0.2, 0.25) is 0 Å². The summed E-state index contributed by atoms with van der Waals surface area (Å²) in [7, 11) is 0. The molecular formula is C11H23NO. The van der Waals surface area contributed by atoms with Crippen molar-refractivity contribution in [3.63, 3.8) is 0 Å². The maximum absolute atomic E-state index is 9.96. The van der Waals surface area contributed by atoms with Crippen LogP contribution in [0.15, 0.2) is 0 Å². The lowest BCUT2D eigenvalue weighted by atomic mass is 9.79. The maximum atomic E-state index is 9.96. The lowest BCUT2D eigenvalue weighted by Crippen LogP contribution is -2.38. The van der Waals surface area contributed by atoms with Gasteiger partial charge in [0.15, 0.2) is 0 Å². The lowest BCUT2D eigenvalue weighted by Gasteiger charge is -2.32. The molecule has 3 N–H and O–H groups in total. The summed E-state index contributed by atoms with van der Waals surface area (Å²) in [5.74, 6) is 0.911. The van der Waals surface area contributed by atoms with Gasteiger partial charge in [0.1, 0.15) is 0 Å². The summed E-state index contributed by atoms with van der Waals surface area (Å²) in [6, 6.07) is 0. The highest BCUT2D eigenvalue weighted by Gasteiger charge is 2.31. The van der Waals surface area contributed by atoms with E-state index in [2.05, 4.69) is 13.8 Å². The van der Waals surface area contributed by atoms with Gasteiger partial charge in [-0.3, -0.25) is 0 Å². The summed E-state index contributed by atoms with van der Waals surface area (Å²) in [4.78, 5) is 0. The van der Waals surface area contributed by atoms with Gasteiger partial charge in [-0.1, -0.05) is 26.7 Å². The Kier molecular flexibility index (Phi) is 3.74. The second-order valence-electron chi connectivity index (χ2n) is 4.75. The van der Waals surface area contributed by atoms with Crippen molar-refractivity contribution in [1.29, 1.82) is 0 Å². The Balaban J connectivity index is 2.28. The van der Waals surface area contributed by atoms with Crippen LogP contribution in [0.4, 0.5) is 0 Å². The first-order valence-corrected chi connectivity index (χ1v) is 5.50. The number of hydrogen-bond donors (Lipinski definition) is 2. The minimum absolute atomic E-state index is 0.0606. The topological polar surface area (TPSA) is 46.2 Å². The third-order valence-corrected chi connectivity index (χ3v) is 3.62. The fourth-order valence-corrected chi connectivity index (χ4v) is 1.66. The third kappa shape index (κ3) is 2.96. The van der Waals surface area contributed by atoms with E-state index in [-0.39, 0.29) is 11.5 Å². The monoisotopic (exact) mass is 185 g/mol. The molecule has 0 aromatic carbocycles. The molecule has 78 valence electrons. The highest BCUT2D eigenvalue weighted by atomic mass is 16.3. The fraction of sp³-hybridized carbons (Fsp3) is 1.00. The summed E-state index contributed by atoms with van der Waals surface area (Å²) in [5.41, 5.74) is 5.62. The van der Waals surface area contributed by atoms with Crippen molar-refractivity contribution >= 4 is 0 Å². The largest absolute Gasteiger partial charge is 0.393 e. The minimum Gasteiger partial charge on any atom is -0.393 e. The van der Waals surface area contributed by atoms with Gasteiger partial charge in [-0.2, -0.15) is 0 Å². The second kappa shape index (κ2) is 4.43. The van der Waals surface area contributed by atoms with Gasteiger partial charge < -0.3 is 10.8 Å². The quantitative estimate of drug-likeness (QED) is 0.664. The average Bonchev–Trinajstić information content (AvgIpc) is 2.96. The molecule has 2 nitrogen and oxygen atoms in total. The average molecular weight is 185 g/mol. The molecule has 0 heterocycles. The van der Waals surface area contributed by atoms with Crippen LogP contribution in [0.1, 0.15) is 46.0 Å². The van der Waals surface area contributed by atoms with Crippen molar-refractivity contribution < 1.29 is 5.11 Å². The summed E-state index contributed by atoms with van der Waals surface area (Å²) >= 11 is 0. The van der Waals surface area contributed by atoms with Gasteiger partial charge in [0.25, 0.3) is 0 Å². The fourth-order valence-electron chi connectivity index (χ4n) is 1.66. The van der Waals surface area contributed by atoms with Gasteiger partial charge in [0.05, 0.1) is 6.10 Å².